The van der Waals surface area contributed by atoms with Crippen molar-refractivity contribution < 1.29 is 17.6 Å². The predicted molar refractivity (Wildman–Crippen MR) is 88.0 cm³/mol. The number of hydrogen-bond acceptors (Lipinski definition) is 4. The van der Waals surface area contributed by atoms with Gasteiger partial charge in [0.15, 0.2) is 0 Å². The molecule has 0 N–H and O–H groups in total. The predicted octanol–water partition coefficient (Wildman–Crippen LogP) is 1.28. The van der Waals surface area contributed by atoms with Gasteiger partial charge < -0.3 is 9.80 Å². The molecule has 0 fully saturated rings. The molecule has 2 heterocycles. The molecule has 0 atom stereocenters. The molecule has 3 rings (SSSR count). The van der Waals surface area contributed by atoms with Crippen molar-refractivity contribution in [1.29, 1.82) is 0 Å². The first-order valence-corrected chi connectivity index (χ1v) is 8.94. The fraction of sp³-hybridized carbons (Fsp3) is 0.250. The Hall–Kier alpha value is -2.48. The van der Waals surface area contributed by atoms with E-state index in [0.717, 1.165) is 0 Å². The van der Waals surface area contributed by atoms with E-state index in [-0.39, 0.29) is 30.6 Å². The van der Waals surface area contributed by atoms with E-state index in [1.807, 2.05) is 0 Å². The molecule has 1 aromatic carbocycles. The molecule has 0 saturated heterocycles. The third-order valence-corrected chi connectivity index (χ3v) is 4.89. The summed E-state index contributed by atoms with van der Waals surface area (Å²) >= 11 is 0. The first-order valence-electron chi connectivity index (χ1n) is 7.33. The lowest BCUT2D eigenvalue weighted by Gasteiger charge is -2.28. The van der Waals surface area contributed by atoms with Gasteiger partial charge in [0.25, 0.3) is 15.9 Å². The number of halogens is 1. The second-order valence-electron chi connectivity index (χ2n) is 5.64. The van der Waals surface area contributed by atoms with Gasteiger partial charge in [0.1, 0.15) is 11.7 Å². The van der Waals surface area contributed by atoms with Gasteiger partial charge in [-0.1, -0.05) is 12.1 Å². The Morgan fingerprint density at radius 2 is 2.17 bits per heavy atom. The highest BCUT2D eigenvalue weighted by Gasteiger charge is 2.25. The number of amides is 1. The van der Waals surface area contributed by atoms with E-state index in [4.69, 9.17) is 0 Å². The Bertz CT molecular complexity index is 874. The van der Waals surface area contributed by atoms with Gasteiger partial charge in [0, 0.05) is 26.3 Å². The number of benzene rings is 1. The van der Waals surface area contributed by atoms with Crippen LogP contribution in [0.1, 0.15) is 5.56 Å². The number of hydrogen-bond donors (Lipinski definition) is 0. The average molecular weight is 349 g/mol. The van der Waals surface area contributed by atoms with E-state index in [1.54, 1.807) is 36.4 Å². The Morgan fingerprint density at radius 1 is 1.38 bits per heavy atom. The van der Waals surface area contributed by atoms with Crippen molar-refractivity contribution in [1.82, 2.24) is 9.80 Å². The summed E-state index contributed by atoms with van der Waals surface area (Å²) in [5.74, 6) is -0.351. The number of amidine groups is 1. The van der Waals surface area contributed by atoms with Crippen molar-refractivity contribution >= 4 is 21.8 Å². The van der Waals surface area contributed by atoms with Crippen LogP contribution in [0.25, 0.3) is 0 Å². The molecule has 1 amide bonds. The van der Waals surface area contributed by atoms with Crippen LogP contribution in [0, 0.1) is 5.82 Å². The molecule has 0 saturated carbocycles. The summed E-state index contributed by atoms with van der Waals surface area (Å²) in [6, 6.07) is 6.08. The van der Waals surface area contributed by atoms with E-state index < -0.39 is 10.0 Å². The summed E-state index contributed by atoms with van der Waals surface area (Å²) in [7, 11) is -1.79. The number of rotatable bonds is 3. The molecule has 2 aliphatic heterocycles. The first-order chi connectivity index (χ1) is 11.3. The van der Waals surface area contributed by atoms with Gasteiger partial charge in [-0.25, -0.2) is 12.8 Å². The van der Waals surface area contributed by atoms with Gasteiger partial charge in [-0.15, -0.1) is 4.40 Å². The SMILES string of the molecule is CN(Cc1cccc(F)c1)C(=O)C1=CN2CCS(=O)(=O)N=C2C=C1. The van der Waals surface area contributed by atoms with Crippen LogP contribution in [0.4, 0.5) is 4.39 Å². The van der Waals surface area contributed by atoms with Crippen LogP contribution in [0.5, 0.6) is 0 Å². The molecular formula is C16H16FN3O3S. The molecule has 0 spiro atoms. The highest BCUT2D eigenvalue weighted by molar-refractivity contribution is 7.90. The Morgan fingerprint density at radius 3 is 2.92 bits per heavy atom. The second kappa shape index (κ2) is 6.20. The lowest BCUT2D eigenvalue weighted by molar-refractivity contribution is -0.126. The number of fused-ring (bicyclic) bond motifs is 1. The van der Waals surface area contributed by atoms with E-state index >= 15 is 0 Å². The monoisotopic (exact) mass is 349 g/mol. The summed E-state index contributed by atoms with van der Waals surface area (Å²) < 4.78 is 39.9. The molecular weight excluding hydrogens is 333 g/mol. The molecule has 0 radical (unpaired) electrons. The minimum Gasteiger partial charge on any atom is -0.337 e. The van der Waals surface area contributed by atoms with Crippen LogP contribution < -0.4 is 0 Å². The average Bonchev–Trinajstić information content (AvgIpc) is 2.53. The maximum Gasteiger partial charge on any atom is 0.256 e. The zero-order valence-electron chi connectivity index (χ0n) is 13.0. The molecule has 2 aliphatic rings. The summed E-state index contributed by atoms with van der Waals surface area (Å²) in [6.45, 7) is 0.535. The molecule has 0 unspecified atom stereocenters. The number of nitrogens with zero attached hydrogens (tertiary/aromatic N) is 3. The smallest absolute Gasteiger partial charge is 0.256 e. The van der Waals surface area contributed by atoms with Crippen LogP contribution in [0.3, 0.4) is 0 Å². The number of sulfonamides is 1. The van der Waals surface area contributed by atoms with Gasteiger partial charge in [-0.05, 0) is 29.8 Å². The van der Waals surface area contributed by atoms with Crippen LogP contribution in [0.2, 0.25) is 0 Å². The van der Waals surface area contributed by atoms with Crippen molar-refractivity contribution in [3.05, 3.63) is 59.6 Å². The molecule has 0 bridgehead atoms. The quantitative estimate of drug-likeness (QED) is 0.824. The largest absolute Gasteiger partial charge is 0.337 e. The molecule has 126 valence electrons. The normalized spacial score (nSPS) is 18.5. The first kappa shape index (κ1) is 16.4. The van der Waals surface area contributed by atoms with Gasteiger partial charge in [0.05, 0.1) is 11.3 Å². The lowest BCUT2D eigenvalue weighted by Crippen LogP contribution is -2.38. The zero-order valence-corrected chi connectivity index (χ0v) is 13.8. The topological polar surface area (TPSA) is 70.1 Å². The highest BCUT2D eigenvalue weighted by atomic mass is 32.2. The van der Waals surface area contributed by atoms with Crippen LogP contribution in [-0.2, 0) is 21.4 Å². The van der Waals surface area contributed by atoms with Crippen molar-refractivity contribution in [3.63, 3.8) is 0 Å². The van der Waals surface area contributed by atoms with E-state index in [9.17, 15) is 17.6 Å². The molecule has 6 nitrogen and oxygen atoms in total. The molecule has 8 heteroatoms. The number of carbonyl (C=O) groups excluding carboxylic acids is 1. The summed E-state index contributed by atoms with van der Waals surface area (Å²) in [4.78, 5) is 15.6. The summed E-state index contributed by atoms with van der Waals surface area (Å²) in [5.41, 5.74) is 1.12. The fourth-order valence-electron chi connectivity index (χ4n) is 2.53. The second-order valence-corrected chi connectivity index (χ2v) is 7.39. The number of carbonyl (C=O) groups is 1. The molecule has 24 heavy (non-hydrogen) atoms. The van der Waals surface area contributed by atoms with Crippen LogP contribution in [-0.4, -0.2) is 49.3 Å². The van der Waals surface area contributed by atoms with Gasteiger partial charge in [-0.3, -0.25) is 4.79 Å². The van der Waals surface area contributed by atoms with E-state index in [2.05, 4.69) is 4.40 Å². The zero-order chi connectivity index (χ0) is 17.3. The number of likely N-dealkylation sites (N-methyl/N-ethyl adjacent to an activating group) is 1. The standard InChI is InChI=1S/C16H16FN3O3S/c1-19(10-12-3-2-4-14(17)9-12)16(21)13-5-6-15-18-24(22,23)8-7-20(15)11-13/h2-6,9,11H,7-8,10H2,1H3. The summed E-state index contributed by atoms with van der Waals surface area (Å²) in [5, 5.41) is 0. The van der Waals surface area contributed by atoms with Gasteiger partial charge in [-0.2, -0.15) is 0 Å². The van der Waals surface area contributed by atoms with Gasteiger partial charge in [0.2, 0.25) is 0 Å². The molecule has 0 aromatic heterocycles. The van der Waals surface area contributed by atoms with Crippen molar-refractivity contribution in [2.75, 3.05) is 19.3 Å². The Kier molecular flexibility index (Phi) is 4.23. The van der Waals surface area contributed by atoms with Crippen molar-refractivity contribution in [2.24, 2.45) is 4.40 Å². The maximum absolute atomic E-state index is 13.2. The molecule has 0 aliphatic carbocycles. The maximum atomic E-state index is 13.2. The third-order valence-electron chi connectivity index (χ3n) is 3.73. The van der Waals surface area contributed by atoms with E-state index in [1.165, 1.54) is 23.1 Å². The third kappa shape index (κ3) is 3.53. The van der Waals surface area contributed by atoms with Crippen molar-refractivity contribution in [3.8, 4) is 0 Å². The van der Waals surface area contributed by atoms with Crippen LogP contribution >= 0.6 is 0 Å². The van der Waals surface area contributed by atoms with Crippen LogP contribution in [0.15, 0.2) is 52.6 Å². The minimum absolute atomic E-state index is 0.0819. The minimum atomic E-state index is -3.42. The van der Waals surface area contributed by atoms with Crippen molar-refractivity contribution in [2.45, 2.75) is 6.54 Å². The van der Waals surface area contributed by atoms with Gasteiger partial charge >= 0.3 is 0 Å². The summed E-state index contributed by atoms with van der Waals surface area (Å²) in [6.07, 6.45) is 4.65. The lowest BCUT2D eigenvalue weighted by atomic mass is 10.1. The Labute approximate surface area is 139 Å². The fourth-order valence-corrected chi connectivity index (χ4v) is 3.50. The highest BCUT2D eigenvalue weighted by Crippen LogP contribution is 2.18. The Balaban J connectivity index is 1.74. The molecule has 1 aromatic rings. The van der Waals surface area contributed by atoms with E-state index in [0.29, 0.717) is 17.0 Å².